The number of benzene rings is 1. The third-order valence-corrected chi connectivity index (χ3v) is 5.33. The number of hydrogen-bond acceptors (Lipinski definition) is 4. The van der Waals surface area contributed by atoms with Crippen LogP contribution in [0.5, 0.6) is 11.5 Å². The van der Waals surface area contributed by atoms with Crippen LogP contribution < -0.4 is 9.47 Å². The summed E-state index contributed by atoms with van der Waals surface area (Å²) in [4.78, 5) is 0. The lowest BCUT2D eigenvalue weighted by Crippen LogP contribution is -2.33. The van der Waals surface area contributed by atoms with Gasteiger partial charge in [-0.25, -0.2) is 0 Å². The molecule has 0 radical (unpaired) electrons. The largest absolute Gasteiger partial charge is 0.497 e. The van der Waals surface area contributed by atoms with E-state index >= 15 is 0 Å². The smallest absolute Gasteiger partial charge is 0.128 e. The molecule has 2 fully saturated rings. The van der Waals surface area contributed by atoms with Crippen molar-refractivity contribution in [1.29, 1.82) is 5.26 Å². The molecule has 1 aromatic rings. The zero-order valence-electron chi connectivity index (χ0n) is 12.5. The summed E-state index contributed by atoms with van der Waals surface area (Å²) in [6.07, 6.45) is 3.31. The SMILES string of the molecule is COc1ccc(C(O)C2(C#N)CC3CCC2C3)c(OC)c1. The standard InChI is InChI=1S/C17H21NO3/c1-20-13-5-6-14(15(8-13)21-2)16(19)17(10-18)9-11-3-4-12(17)7-11/h5-6,8,11-12,16,19H,3-4,7,9H2,1-2H3. The highest BCUT2D eigenvalue weighted by atomic mass is 16.5. The predicted molar refractivity (Wildman–Crippen MR) is 78.0 cm³/mol. The second kappa shape index (κ2) is 5.23. The molecule has 3 rings (SSSR count). The molecule has 112 valence electrons. The van der Waals surface area contributed by atoms with Gasteiger partial charge in [0.15, 0.2) is 0 Å². The topological polar surface area (TPSA) is 62.5 Å². The van der Waals surface area contributed by atoms with Gasteiger partial charge in [-0.1, -0.05) is 6.42 Å². The zero-order valence-corrected chi connectivity index (χ0v) is 12.5. The van der Waals surface area contributed by atoms with Gasteiger partial charge in [-0.15, -0.1) is 0 Å². The highest BCUT2D eigenvalue weighted by Crippen LogP contribution is 2.61. The summed E-state index contributed by atoms with van der Waals surface area (Å²) >= 11 is 0. The number of aliphatic hydroxyl groups is 1. The van der Waals surface area contributed by atoms with Crippen molar-refractivity contribution in [2.75, 3.05) is 14.2 Å². The van der Waals surface area contributed by atoms with Crippen LogP contribution in [0.1, 0.15) is 37.4 Å². The number of ether oxygens (including phenoxy) is 2. The van der Waals surface area contributed by atoms with Crippen LogP contribution in [0, 0.1) is 28.6 Å². The van der Waals surface area contributed by atoms with E-state index in [1.165, 1.54) is 6.42 Å². The minimum atomic E-state index is -0.807. The maximum atomic E-state index is 10.9. The summed E-state index contributed by atoms with van der Waals surface area (Å²) in [6.45, 7) is 0. The molecule has 0 aliphatic heterocycles. The van der Waals surface area contributed by atoms with Crippen LogP contribution in [0.15, 0.2) is 18.2 Å². The number of nitrogens with zero attached hydrogens (tertiary/aromatic N) is 1. The number of rotatable bonds is 4. The first-order chi connectivity index (χ1) is 10.1. The van der Waals surface area contributed by atoms with Crippen molar-refractivity contribution >= 4 is 0 Å². The molecule has 2 bridgehead atoms. The second-order valence-electron chi connectivity index (χ2n) is 6.24. The molecule has 0 amide bonds. The molecular weight excluding hydrogens is 266 g/mol. The van der Waals surface area contributed by atoms with Gasteiger partial charge in [0.1, 0.15) is 17.6 Å². The van der Waals surface area contributed by atoms with E-state index in [0.29, 0.717) is 28.9 Å². The highest BCUT2D eigenvalue weighted by Gasteiger charge is 2.56. The molecule has 4 nitrogen and oxygen atoms in total. The van der Waals surface area contributed by atoms with Gasteiger partial charge in [0.2, 0.25) is 0 Å². The Labute approximate surface area is 125 Å². The van der Waals surface area contributed by atoms with Crippen LogP contribution in [-0.4, -0.2) is 19.3 Å². The van der Waals surface area contributed by atoms with Crippen molar-refractivity contribution in [2.45, 2.75) is 31.8 Å². The normalized spacial score (nSPS) is 31.7. The van der Waals surface area contributed by atoms with E-state index in [1.54, 1.807) is 26.4 Å². The van der Waals surface area contributed by atoms with Crippen LogP contribution >= 0.6 is 0 Å². The molecule has 4 unspecified atom stereocenters. The summed E-state index contributed by atoms with van der Waals surface area (Å²) in [5.41, 5.74) is 0.0255. The molecule has 2 aliphatic carbocycles. The van der Waals surface area contributed by atoms with Crippen molar-refractivity contribution in [3.8, 4) is 17.6 Å². The number of methoxy groups -OCH3 is 2. The minimum absolute atomic E-state index is 0.300. The molecule has 1 aromatic carbocycles. The summed E-state index contributed by atoms with van der Waals surface area (Å²) in [5.74, 6) is 2.16. The number of nitriles is 1. The lowest BCUT2D eigenvalue weighted by Gasteiger charge is -2.36. The highest BCUT2D eigenvalue weighted by molar-refractivity contribution is 5.43. The Bertz CT molecular complexity index is 580. The Morgan fingerprint density at radius 3 is 2.67 bits per heavy atom. The van der Waals surface area contributed by atoms with E-state index in [2.05, 4.69) is 6.07 Å². The number of aliphatic hydroxyl groups excluding tert-OH is 1. The molecule has 4 atom stereocenters. The van der Waals surface area contributed by atoms with Crippen molar-refractivity contribution in [2.24, 2.45) is 17.3 Å². The third-order valence-electron chi connectivity index (χ3n) is 5.33. The van der Waals surface area contributed by atoms with Gasteiger partial charge in [0.05, 0.1) is 25.7 Å². The van der Waals surface area contributed by atoms with Crippen LogP contribution in [0.4, 0.5) is 0 Å². The van der Waals surface area contributed by atoms with Gasteiger partial charge in [-0.05, 0) is 43.2 Å². The average Bonchev–Trinajstić information content (AvgIpc) is 3.14. The van der Waals surface area contributed by atoms with E-state index in [1.807, 2.05) is 6.07 Å². The van der Waals surface area contributed by atoms with Crippen LogP contribution in [0.2, 0.25) is 0 Å². The fourth-order valence-electron chi connectivity index (χ4n) is 4.23. The Balaban J connectivity index is 1.98. The van der Waals surface area contributed by atoms with E-state index in [9.17, 15) is 10.4 Å². The molecule has 2 aliphatic rings. The van der Waals surface area contributed by atoms with E-state index in [-0.39, 0.29) is 0 Å². The van der Waals surface area contributed by atoms with E-state index in [0.717, 1.165) is 19.3 Å². The first-order valence-electron chi connectivity index (χ1n) is 7.46. The summed E-state index contributed by atoms with van der Waals surface area (Å²) in [5, 5.41) is 20.7. The molecule has 4 heteroatoms. The Kier molecular flexibility index (Phi) is 3.54. The van der Waals surface area contributed by atoms with Gasteiger partial charge < -0.3 is 14.6 Å². The fraction of sp³-hybridized carbons (Fsp3) is 0.588. The Morgan fingerprint density at radius 2 is 2.14 bits per heavy atom. The molecule has 2 saturated carbocycles. The summed E-state index contributed by atoms with van der Waals surface area (Å²) in [7, 11) is 3.17. The molecule has 0 aromatic heterocycles. The van der Waals surface area contributed by atoms with Gasteiger partial charge in [0, 0.05) is 11.6 Å². The van der Waals surface area contributed by atoms with Gasteiger partial charge >= 0.3 is 0 Å². The number of fused-ring (bicyclic) bond motifs is 2. The first kappa shape index (κ1) is 14.2. The van der Waals surface area contributed by atoms with E-state index in [4.69, 9.17) is 9.47 Å². The molecule has 21 heavy (non-hydrogen) atoms. The summed E-state index contributed by atoms with van der Waals surface area (Å²) < 4.78 is 10.6. The van der Waals surface area contributed by atoms with Gasteiger partial charge in [-0.3, -0.25) is 0 Å². The lowest BCUT2D eigenvalue weighted by atomic mass is 9.68. The summed E-state index contributed by atoms with van der Waals surface area (Å²) in [6, 6.07) is 7.83. The van der Waals surface area contributed by atoms with Crippen LogP contribution in [-0.2, 0) is 0 Å². The van der Waals surface area contributed by atoms with Gasteiger partial charge in [0.25, 0.3) is 0 Å². The zero-order chi connectivity index (χ0) is 15.0. The van der Waals surface area contributed by atoms with Crippen molar-refractivity contribution in [1.82, 2.24) is 0 Å². The predicted octanol–water partition coefficient (Wildman–Crippen LogP) is 3.07. The van der Waals surface area contributed by atoms with Crippen molar-refractivity contribution in [3.05, 3.63) is 23.8 Å². The Hall–Kier alpha value is -1.73. The second-order valence-corrected chi connectivity index (χ2v) is 6.24. The van der Waals surface area contributed by atoms with Crippen molar-refractivity contribution < 1.29 is 14.6 Å². The quantitative estimate of drug-likeness (QED) is 0.924. The minimum Gasteiger partial charge on any atom is -0.497 e. The van der Waals surface area contributed by atoms with Crippen molar-refractivity contribution in [3.63, 3.8) is 0 Å². The maximum Gasteiger partial charge on any atom is 0.128 e. The van der Waals surface area contributed by atoms with Gasteiger partial charge in [-0.2, -0.15) is 5.26 Å². The fourth-order valence-corrected chi connectivity index (χ4v) is 4.23. The van der Waals surface area contributed by atoms with E-state index < -0.39 is 11.5 Å². The molecule has 0 saturated heterocycles. The maximum absolute atomic E-state index is 10.9. The van der Waals surface area contributed by atoms with Crippen LogP contribution in [0.3, 0.4) is 0 Å². The first-order valence-corrected chi connectivity index (χ1v) is 7.46. The monoisotopic (exact) mass is 287 g/mol. The molecule has 1 N–H and O–H groups in total. The lowest BCUT2D eigenvalue weighted by molar-refractivity contribution is 0.0217. The molecular formula is C17H21NO3. The van der Waals surface area contributed by atoms with Crippen LogP contribution in [0.25, 0.3) is 0 Å². The number of hydrogen-bond donors (Lipinski definition) is 1. The third kappa shape index (κ3) is 2.08. The molecule has 0 heterocycles. The molecule has 0 spiro atoms. The average molecular weight is 287 g/mol. The Morgan fingerprint density at radius 1 is 1.33 bits per heavy atom.